The number of amides is 1. The molecular weight excluding hydrogens is 252 g/mol. The van der Waals surface area contributed by atoms with Crippen LogP contribution in [0, 0.1) is 6.92 Å². The Bertz CT molecular complexity index is 448. The van der Waals surface area contributed by atoms with Gasteiger partial charge in [0.2, 0.25) is 0 Å². The van der Waals surface area contributed by atoms with Crippen LogP contribution in [0.25, 0.3) is 0 Å². The minimum Gasteiger partial charge on any atom is -0.484 e. The molecule has 1 unspecified atom stereocenters. The van der Waals surface area contributed by atoms with Crippen molar-refractivity contribution in [2.75, 3.05) is 26.2 Å². The summed E-state index contributed by atoms with van der Waals surface area (Å²) >= 11 is 0. The Labute approximate surface area is 121 Å². The van der Waals surface area contributed by atoms with Crippen LogP contribution in [0.15, 0.2) is 24.3 Å². The van der Waals surface area contributed by atoms with Crippen molar-refractivity contribution in [2.45, 2.75) is 32.7 Å². The highest BCUT2D eigenvalue weighted by Crippen LogP contribution is 2.15. The SMILES string of the molecule is CCN1CCCC1CNC(=O)COc1cccc(C)c1. The molecule has 0 aliphatic carbocycles. The molecule has 20 heavy (non-hydrogen) atoms. The van der Waals surface area contributed by atoms with E-state index in [1.165, 1.54) is 12.8 Å². The summed E-state index contributed by atoms with van der Waals surface area (Å²) in [6.07, 6.45) is 2.40. The number of carbonyl (C=O) groups excluding carboxylic acids is 1. The second kappa shape index (κ2) is 7.29. The molecule has 0 radical (unpaired) electrons. The van der Waals surface area contributed by atoms with E-state index in [1.54, 1.807) is 0 Å². The van der Waals surface area contributed by atoms with Crippen LogP contribution >= 0.6 is 0 Å². The lowest BCUT2D eigenvalue weighted by Gasteiger charge is -2.22. The Morgan fingerprint density at radius 1 is 1.50 bits per heavy atom. The summed E-state index contributed by atoms with van der Waals surface area (Å²) in [6, 6.07) is 8.23. The summed E-state index contributed by atoms with van der Waals surface area (Å²) in [5.74, 6) is 0.700. The smallest absolute Gasteiger partial charge is 0.257 e. The van der Waals surface area contributed by atoms with Crippen LogP contribution < -0.4 is 10.1 Å². The number of ether oxygens (including phenoxy) is 1. The van der Waals surface area contributed by atoms with Crippen LogP contribution in [-0.2, 0) is 4.79 Å². The third-order valence-electron chi connectivity index (χ3n) is 3.80. The summed E-state index contributed by atoms with van der Waals surface area (Å²) < 4.78 is 5.49. The first-order valence-corrected chi connectivity index (χ1v) is 7.39. The van der Waals surface area contributed by atoms with Crippen LogP contribution in [0.3, 0.4) is 0 Å². The zero-order valence-electron chi connectivity index (χ0n) is 12.4. The summed E-state index contributed by atoms with van der Waals surface area (Å²) in [5, 5.41) is 2.97. The minimum absolute atomic E-state index is 0.0468. The van der Waals surface area contributed by atoms with Crippen molar-refractivity contribution >= 4 is 5.91 Å². The molecule has 1 N–H and O–H groups in total. The number of nitrogens with zero attached hydrogens (tertiary/aromatic N) is 1. The average molecular weight is 276 g/mol. The van der Waals surface area contributed by atoms with Gasteiger partial charge in [-0.3, -0.25) is 9.69 Å². The Hall–Kier alpha value is -1.55. The molecule has 0 spiro atoms. The lowest BCUT2D eigenvalue weighted by atomic mass is 10.2. The molecule has 4 nitrogen and oxygen atoms in total. The highest BCUT2D eigenvalue weighted by atomic mass is 16.5. The fourth-order valence-electron chi connectivity index (χ4n) is 2.68. The predicted molar refractivity (Wildman–Crippen MR) is 80.0 cm³/mol. The predicted octanol–water partition coefficient (Wildman–Crippen LogP) is 1.97. The van der Waals surface area contributed by atoms with Gasteiger partial charge in [-0.05, 0) is 50.6 Å². The fourth-order valence-corrected chi connectivity index (χ4v) is 2.68. The third kappa shape index (κ3) is 4.23. The van der Waals surface area contributed by atoms with Crippen LogP contribution in [0.5, 0.6) is 5.75 Å². The standard InChI is InChI=1S/C16H24N2O2/c1-3-18-9-5-7-14(18)11-17-16(19)12-20-15-8-4-6-13(2)10-15/h4,6,8,10,14H,3,5,7,9,11-12H2,1-2H3,(H,17,19). The number of hydrogen-bond acceptors (Lipinski definition) is 3. The molecule has 0 bridgehead atoms. The highest BCUT2D eigenvalue weighted by Gasteiger charge is 2.23. The van der Waals surface area contributed by atoms with Crippen LogP contribution in [0.4, 0.5) is 0 Å². The van der Waals surface area contributed by atoms with E-state index in [1.807, 2.05) is 31.2 Å². The molecule has 4 heteroatoms. The number of hydrogen-bond donors (Lipinski definition) is 1. The van der Waals surface area contributed by atoms with Gasteiger partial charge in [0, 0.05) is 12.6 Å². The average Bonchev–Trinajstić information content (AvgIpc) is 2.90. The molecule has 1 aliphatic heterocycles. The van der Waals surface area contributed by atoms with Gasteiger partial charge < -0.3 is 10.1 Å². The third-order valence-corrected chi connectivity index (χ3v) is 3.80. The molecule has 1 heterocycles. The van der Waals surface area contributed by atoms with Crippen LogP contribution in [0.1, 0.15) is 25.3 Å². The fraction of sp³-hybridized carbons (Fsp3) is 0.562. The van der Waals surface area contributed by atoms with Gasteiger partial charge in [0.15, 0.2) is 6.61 Å². The van der Waals surface area contributed by atoms with Crippen molar-refractivity contribution in [2.24, 2.45) is 0 Å². The second-order valence-corrected chi connectivity index (χ2v) is 5.33. The zero-order chi connectivity index (χ0) is 14.4. The topological polar surface area (TPSA) is 41.6 Å². The zero-order valence-corrected chi connectivity index (χ0v) is 12.4. The van der Waals surface area contributed by atoms with Gasteiger partial charge in [0.25, 0.3) is 5.91 Å². The number of likely N-dealkylation sites (tertiary alicyclic amines) is 1. The van der Waals surface area contributed by atoms with Crippen molar-refractivity contribution in [1.29, 1.82) is 0 Å². The quantitative estimate of drug-likeness (QED) is 0.864. The van der Waals surface area contributed by atoms with Crippen molar-refractivity contribution in [3.05, 3.63) is 29.8 Å². The lowest BCUT2D eigenvalue weighted by molar-refractivity contribution is -0.123. The molecule has 1 fully saturated rings. The molecule has 1 aromatic rings. The molecule has 1 aromatic carbocycles. The van der Waals surface area contributed by atoms with Gasteiger partial charge in [-0.25, -0.2) is 0 Å². The van der Waals surface area contributed by atoms with E-state index >= 15 is 0 Å². The Morgan fingerprint density at radius 3 is 3.10 bits per heavy atom. The van der Waals surface area contributed by atoms with E-state index in [2.05, 4.69) is 17.1 Å². The Kier molecular flexibility index (Phi) is 5.41. The Morgan fingerprint density at radius 2 is 2.35 bits per heavy atom. The minimum atomic E-state index is -0.0468. The molecule has 1 amide bonds. The number of aryl methyl sites for hydroxylation is 1. The normalized spacial score (nSPS) is 19.0. The van der Waals surface area contributed by atoms with Crippen molar-refractivity contribution in [1.82, 2.24) is 10.2 Å². The maximum absolute atomic E-state index is 11.8. The first-order chi connectivity index (χ1) is 9.69. The van der Waals surface area contributed by atoms with E-state index in [0.717, 1.165) is 30.9 Å². The maximum Gasteiger partial charge on any atom is 0.257 e. The molecule has 0 aromatic heterocycles. The van der Waals surface area contributed by atoms with E-state index < -0.39 is 0 Å². The Balaban J connectivity index is 1.70. The first-order valence-electron chi connectivity index (χ1n) is 7.39. The van der Waals surface area contributed by atoms with E-state index in [4.69, 9.17) is 4.74 Å². The van der Waals surface area contributed by atoms with Gasteiger partial charge >= 0.3 is 0 Å². The van der Waals surface area contributed by atoms with Gasteiger partial charge in [-0.15, -0.1) is 0 Å². The number of rotatable bonds is 6. The molecular formula is C16H24N2O2. The van der Waals surface area contributed by atoms with Gasteiger partial charge in [0.05, 0.1) is 0 Å². The van der Waals surface area contributed by atoms with Crippen molar-refractivity contribution in [3.63, 3.8) is 0 Å². The summed E-state index contributed by atoms with van der Waals surface area (Å²) in [6.45, 7) is 7.19. The summed E-state index contributed by atoms with van der Waals surface area (Å²) in [4.78, 5) is 14.2. The summed E-state index contributed by atoms with van der Waals surface area (Å²) in [5.41, 5.74) is 1.13. The number of nitrogens with one attached hydrogen (secondary N) is 1. The van der Waals surface area contributed by atoms with Crippen LogP contribution in [0.2, 0.25) is 0 Å². The van der Waals surface area contributed by atoms with Gasteiger partial charge in [-0.1, -0.05) is 19.1 Å². The molecule has 0 saturated carbocycles. The highest BCUT2D eigenvalue weighted by molar-refractivity contribution is 5.77. The monoisotopic (exact) mass is 276 g/mol. The molecule has 2 rings (SSSR count). The number of carbonyl (C=O) groups is 1. The molecule has 1 saturated heterocycles. The van der Waals surface area contributed by atoms with Crippen molar-refractivity contribution in [3.8, 4) is 5.75 Å². The second-order valence-electron chi connectivity index (χ2n) is 5.33. The van der Waals surface area contributed by atoms with E-state index in [9.17, 15) is 4.79 Å². The van der Waals surface area contributed by atoms with E-state index in [-0.39, 0.29) is 12.5 Å². The molecule has 1 aliphatic rings. The van der Waals surface area contributed by atoms with Gasteiger partial charge in [0.1, 0.15) is 5.75 Å². The van der Waals surface area contributed by atoms with Crippen LogP contribution in [-0.4, -0.2) is 43.1 Å². The maximum atomic E-state index is 11.8. The number of benzene rings is 1. The van der Waals surface area contributed by atoms with Crippen molar-refractivity contribution < 1.29 is 9.53 Å². The number of likely N-dealkylation sites (N-methyl/N-ethyl adjacent to an activating group) is 1. The first kappa shape index (κ1) is 14.9. The van der Waals surface area contributed by atoms with E-state index in [0.29, 0.717) is 6.04 Å². The van der Waals surface area contributed by atoms with Gasteiger partial charge in [-0.2, -0.15) is 0 Å². The lowest BCUT2D eigenvalue weighted by Crippen LogP contribution is -2.41. The molecule has 110 valence electrons. The largest absolute Gasteiger partial charge is 0.484 e. The summed E-state index contributed by atoms with van der Waals surface area (Å²) in [7, 11) is 0. The molecule has 1 atom stereocenters.